The summed E-state index contributed by atoms with van der Waals surface area (Å²) in [6.07, 6.45) is -1.29. The normalized spacial score (nSPS) is 26.4. The minimum Gasteiger partial charge on any atom is -0.463 e. The summed E-state index contributed by atoms with van der Waals surface area (Å²) in [6.45, 7) is 2.64. The van der Waals surface area contributed by atoms with Crippen molar-refractivity contribution in [2.24, 2.45) is 0 Å². The third-order valence-corrected chi connectivity index (χ3v) is 1.73. The quantitative estimate of drug-likeness (QED) is 0.375. The van der Waals surface area contributed by atoms with Crippen LogP contribution in [0.2, 0.25) is 0 Å². The van der Waals surface area contributed by atoms with E-state index in [1.54, 1.807) is 6.92 Å². The number of cyclic esters (lactones) is 1. The highest BCUT2D eigenvalue weighted by atomic mass is 16.7. The number of amides is 2. The van der Waals surface area contributed by atoms with Gasteiger partial charge in [0.2, 0.25) is 0 Å². The van der Waals surface area contributed by atoms with Crippen molar-refractivity contribution in [3.8, 4) is 0 Å². The predicted octanol–water partition coefficient (Wildman–Crippen LogP) is -0.324. The molecule has 7 heteroatoms. The van der Waals surface area contributed by atoms with Gasteiger partial charge in [0.05, 0.1) is 6.61 Å². The Hall–Kier alpha value is -1.63. The molecule has 0 aromatic carbocycles. The number of nitrogens with zero attached hydrogens (tertiary/aromatic N) is 1. The number of ether oxygens (including phenoxy) is 2. The van der Waals surface area contributed by atoms with Crippen LogP contribution in [0.5, 0.6) is 0 Å². The number of imide groups is 1. The Labute approximate surface area is 79.1 Å². The zero-order chi connectivity index (χ0) is 10.9. The third kappa shape index (κ3) is 1.31. The summed E-state index contributed by atoms with van der Waals surface area (Å²) in [5, 5.41) is 8.57. The largest absolute Gasteiger partial charge is 0.463 e. The Morgan fingerprint density at radius 1 is 1.64 bits per heavy atom. The Kier molecular flexibility index (Phi) is 2.43. The van der Waals surface area contributed by atoms with Gasteiger partial charge in [-0.15, -0.1) is 5.06 Å². The van der Waals surface area contributed by atoms with Gasteiger partial charge in [-0.05, 0) is 13.8 Å². The molecule has 1 rings (SSSR count). The summed E-state index contributed by atoms with van der Waals surface area (Å²) in [5.41, 5.74) is -2.07. The molecule has 7 nitrogen and oxygen atoms in total. The second kappa shape index (κ2) is 3.26. The average Bonchev–Trinajstić information content (AvgIpc) is 2.32. The Morgan fingerprint density at radius 2 is 2.21 bits per heavy atom. The van der Waals surface area contributed by atoms with E-state index in [0.29, 0.717) is 0 Å². The molecule has 1 aliphatic rings. The molecule has 1 heterocycles. The Bertz CT molecular complexity index is 301. The molecule has 0 aliphatic carbocycles. The fourth-order valence-electron chi connectivity index (χ4n) is 0.944. The summed E-state index contributed by atoms with van der Waals surface area (Å²) in [5.74, 6) is -2.16. The zero-order valence-corrected chi connectivity index (χ0v) is 7.64. The second-order valence-electron chi connectivity index (χ2n) is 2.74. The van der Waals surface area contributed by atoms with Gasteiger partial charge in [0.1, 0.15) is 0 Å². The first-order valence-corrected chi connectivity index (χ1v) is 3.87. The van der Waals surface area contributed by atoms with E-state index in [4.69, 9.17) is 5.21 Å². The molecule has 1 N–H and O–H groups in total. The SMILES string of the molecule is CCOC(=O)C1(C)OC(=O)N(O)C1=O. The predicted molar refractivity (Wildman–Crippen MR) is 40.2 cm³/mol. The first-order valence-electron chi connectivity index (χ1n) is 3.87. The molecule has 0 spiro atoms. The van der Waals surface area contributed by atoms with Crippen LogP contribution < -0.4 is 0 Å². The number of hydrogen-bond acceptors (Lipinski definition) is 6. The molecule has 1 saturated heterocycles. The second-order valence-corrected chi connectivity index (χ2v) is 2.74. The number of rotatable bonds is 2. The lowest BCUT2D eigenvalue weighted by atomic mass is 10.1. The summed E-state index contributed by atoms with van der Waals surface area (Å²) in [6, 6.07) is 0. The van der Waals surface area contributed by atoms with Crippen LogP contribution in [0.15, 0.2) is 0 Å². The van der Waals surface area contributed by atoms with Crippen molar-refractivity contribution in [2.45, 2.75) is 19.4 Å². The monoisotopic (exact) mass is 203 g/mol. The van der Waals surface area contributed by atoms with Crippen molar-refractivity contribution < 1.29 is 29.1 Å². The molecule has 1 unspecified atom stereocenters. The van der Waals surface area contributed by atoms with Gasteiger partial charge in [0, 0.05) is 0 Å². The van der Waals surface area contributed by atoms with Crippen molar-refractivity contribution in [2.75, 3.05) is 6.61 Å². The van der Waals surface area contributed by atoms with E-state index in [9.17, 15) is 14.4 Å². The van der Waals surface area contributed by atoms with Crippen molar-refractivity contribution in [3.05, 3.63) is 0 Å². The standard InChI is InChI=1S/C7H9NO6/c1-3-13-5(10)7(2)4(9)8(12)6(11)14-7/h12H,3H2,1-2H3. The maximum atomic E-state index is 11.2. The minimum absolute atomic E-state index is 0.0463. The van der Waals surface area contributed by atoms with Gasteiger partial charge < -0.3 is 9.47 Å². The summed E-state index contributed by atoms with van der Waals surface area (Å²) in [7, 11) is 0. The van der Waals surface area contributed by atoms with Crippen LogP contribution >= 0.6 is 0 Å². The van der Waals surface area contributed by atoms with Crippen molar-refractivity contribution in [1.29, 1.82) is 0 Å². The van der Waals surface area contributed by atoms with Crippen LogP contribution in [-0.2, 0) is 19.1 Å². The maximum Gasteiger partial charge on any atom is 0.443 e. The average molecular weight is 203 g/mol. The van der Waals surface area contributed by atoms with E-state index < -0.39 is 23.6 Å². The first kappa shape index (κ1) is 10.5. The summed E-state index contributed by atoms with van der Waals surface area (Å²) < 4.78 is 8.92. The van der Waals surface area contributed by atoms with Crippen LogP contribution in [0.3, 0.4) is 0 Å². The lowest BCUT2D eigenvalue weighted by Gasteiger charge is -2.16. The molecule has 0 saturated carbocycles. The fourth-order valence-corrected chi connectivity index (χ4v) is 0.944. The lowest BCUT2D eigenvalue weighted by Crippen LogP contribution is -2.45. The molecule has 1 atom stereocenters. The first-order chi connectivity index (χ1) is 6.43. The highest BCUT2D eigenvalue weighted by Crippen LogP contribution is 2.23. The van der Waals surface area contributed by atoms with Gasteiger partial charge in [-0.2, -0.15) is 0 Å². The van der Waals surface area contributed by atoms with E-state index in [0.717, 1.165) is 6.92 Å². The molecule has 1 fully saturated rings. The van der Waals surface area contributed by atoms with Gasteiger partial charge in [0.15, 0.2) is 0 Å². The zero-order valence-electron chi connectivity index (χ0n) is 7.64. The van der Waals surface area contributed by atoms with Crippen molar-refractivity contribution >= 4 is 18.0 Å². The van der Waals surface area contributed by atoms with Crippen LogP contribution in [0.25, 0.3) is 0 Å². The lowest BCUT2D eigenvalue weighted by molar-refractivity contribution is -0.169. The topological polar surface area (TPSA) is 93.1 Å². The number of hydroxylamine groups is 2. The van der Waals surface area contributed by atoms with E-state index >= 15 is 0 Å². The van der Waals surface area contributed by atoms with E-state index in [1.165, 1.54) is 0 Å². The van der Waals surface area contributed by atoms with Gasteiger partial charge >= 0.3 is 18.0 Å². The summed E-state index contributed by atoms with van der Waals surface area (Å²) >= 11 is 0. The third-order valence-electron chi connectivity index (χ3n) is 1.73. The molecular weight excluding hydrogens is 194 g/mol. The minimum atomic E-state index is -2.07. The Morgan fingerprint density at radius 3 is 2.57 bits per heavy atom. The maximum absolute atomic E-state index is 11.2. The van der Waals surface area contributed by atoms with Crippen LogP contribution in [-0.4, -0.2) is 40.4 Å². The summed E-state index contributed by atoms with van der Waals surface area (Å²) in [4.78, 5) is 33.1. The Balaban J connectivity index is 2.91. The number of carbonyl (C=O) groups is 3. The van der Waals surface area contributed by atoms with Gasteiger partial charge in [-0.3, -0.25) is 10.0 Å². The number of hydrogen-bond donors (Lipinski definition) is 1. The molecule has 0 aromatic heterocycles. The number of esters is 1. The molecule has 1 aliphatic heterocycles. The highest BCUT2D eigenvalue weighted by Gasteiger charge is 2.57. The van der Waals surface area contributed by atoms with E-state index in [-0.39, 0.29) is 11.7 Å². The smallest absolute Gasteiger partial charge is 0.443 e. The molecule has 0 aromatic rings. The number of carbonyl (C=O) groups excluding carboxylic acids is 3. The van der Waals surface area contributed by atoms with Crippen LogP contribution in [0.4, 0.5) is 4.79 Å². The molecular formula is C7H9NO6. The van der Waals surface area contributed by atoms with E-state index in [2.05, 4.69) is 9.47 Å². The van der Waals surface area contributed by atoms with Gasteiger partial charge in [0.25, 0.3) is 5.60 Å². The molecule has 14 heavy (non-hydrogen) atoms. The van der Waals surface area contributed by atoms with Crippen molar-refractivity contribution in [1.82, 2.24) is 5.06 Å². The van der Waals surface area contributed by atoms with Crippen molar-refractivity contribution in [3.63, 3.8) is 0 Å². The van der Waals surface area contributed by atoms with Gasteiger partial charge in [-0.1, -0.05) is 0 Å². The molecule has 0 bridgehead atoms. The van der Waals surface area contributed by atoms with Crippen LogP contribution in [0, 0.1) is 0 Å². The fraction of sp³-hybridized carbons (Fsp3) is 0.571. The highest BCUT2D eigenvalue weighted by molar-refractivity contribution is 6.14. The molecule has 78 valence electrons. The molecule has 2 amide bonds. The van der Waals surface area contributed by atoms with E-state index in [1.807, 2.05) is 0 Å². The van der Waals surface area contributed by atoms with Gasteiger partial charge in [-0.25, -0.2) is 9.59 Å². The van der Waals surface area contributed by atoms with Crippen LogP contribution in [0.1, 0.15) is 13.8 Å². The molecule has 0 radical (unpaired) electrons.